The van der Waals surface area contributed by atoms with Crippen LogP contribution in [0.25, 0.3) is 5.69 Å². The number of fused-ring (bicyclic) bond motifs is 1. The second-order valence-electron chi connectivity index (χ2n) is 7.12. The van der Waals surface area contributed by atoms with Gasteiger partial charge in [0.1, 0.15) is 11.8 Å². The summed E-state index contributed by atoms with van der Waals surface area (Å²) in [7, 11) is 1.71. The Balaban J connectivity index is 1.42. The number of carbonyl (C=O) groups is 1. The van der Waals surface area contributed by atoms with E-state index in [9.17, 15) is 9.18 Å². The predicted octanol–water partition coefficient (Wildman–Crippen LogP) is 1.79. The molecule has 2 aliphatic heterocycles. The molecule has 150 valence electrons. The lowest BCUT2D eigenvalue weighted by Gasteiger charge is -2.15. The molecule has 2 aromatic heterocycles. The summed E-state index contributed by atoms with van der Waals surface area (Å²) in [6.07, 6.45) is 1.83. The minimum Gasteiger partial charge on any atom is -0.444 e. The first kappa shape index (κ1) is 17.6. The molecule has 1 aromatic carbocycles. The number of benzene rings is 1. The van der Waals surface area contributed by atoms with Gasteiger partial charge in [-0.2, -0.15) is 9.90 Å². The van der Waals surface area contributed by atoms with Crippen molar-refractivity contribution >= 4 is 17.7 Å². The summed E-state index contributed by atoms with van der Waals surface area (Å²) in [4.78, 5) is 16.8. The van der Waals surface area contributed by atoms with E-state index in [4.69, 9.17) is 4.74 Å². The van der Waals surface area contributed by atoms with Gasteiger partial charge in [-0.1, -0.05) is 12.0 Å². The molecule has 11 heteroatoms. The molecule has 0 aliphatic carbocycles. The minimum atomic E-state index is -0.461. The molecule has 0 spiro atoms. The van der Waals surface area contributed by atoms with E-state index < -0.39 is 11.9 Å². The third-order valence-electron chi connectivity index (χ3n) is 5.24. The molecule has 0 bridgehead atoms. The van der Waals surface area contributed by atoms with E-state index in [0.29, 0.717) is 37.0 Å². The van der Waals surface area contributed by atoms with Gasteiger partial charge in [-0.15, -0.1) is 5.10 Å². The molecule has 29 heavy (non-hydrogen) atoms. The summed E-state index contributed by atoms with van der Waals surface area (Å²) in [6, 6.07) is 4.69. The second-order valence-corrected chi connectivity index (χ2v) is 7.12. The van der Waals surface area contributed by atoms with Crippen LogP contribution >= 0.6 is 0 Å². The number of hydrogen-bond acceptors (Lipinski definition) is 7. The van der Waals surface area contributed by atoms with E-state index in [2.05, 4.69) is 20.5 Å². The Hall–Kier alpha value is -3.50. The highest BCUT2D eigenvalue weighted by molar-refractivity contribution is 5.89. The number of carbonyl (C=O) groups excluding carboxylic acids is 1. The van der Waals surface area contributed by atoms with Crippen molar-refractivity contribution in [3.8, 4) is 5.69 Å². The number of anilines is 2. The number of amides is 1. The van der Waals surface area contributed by atoms with Crippen molar-refractivity contribution in [2.24, 2.45) is 7.05 Å². The summed E-state index contributed by atoms with van der Waals surface area (Å²) in [5.41, 5.74) is 2.65. The first-order chi connectivity index (χ1) is 14.0. The maximum absolute atomic E-state index is 15.0. The van der Waals surface area contributed by atoms with Crippen LogP contribution in [0.2, 0.25) is 0 Å². The van der Waals surface area contributed by atoms with Crippen molar-refractivity contribution in [2.45, 2.75) is 32.5 Å². The zero-order valence-electron chi connectivity index (χ0n) is 16.0. The van der Waals surface area contributed by atoms with Gasteiger partial charge in [0.25, 0.3) is 5.95 Å². The minimum absolute atomic E-state index is 0.166. The Bertz CT molecular complexity index is 1090. The molecule has 0 N–H and O–H groups in total. The molecule has 1 saturated heterocycles. The van der Waals surface area contributed by atoms with Gasteiger partial charge < -0.3 is 9.64 Å². The number of tetrazole rings is 1. The monoisotopic (exact) mass is 398 g/mol. The third kappa shape index (κ3) is 2.89. The fraction of sp³-hybridized carbons (Fsp3) is 0.389. The molecule has 1 fully saturated rings. The van der Waals surface area contributed by atoms with Crippen LogP contribution in [0.15, 0.2) is 24.4 Å². The first-order valence-electron chi connectivity index (χ1n) is 9.36. The summed E-state index contributed by atoms with van der Waals surface area (Å²) >= 11 is 0. The molecule has 1 atom stereocenters. The van der Waals surface area contributed by atoms with Gasteiger partial charge >= 0.3 is 6.09 Å². The molecule has 1 amide bonds. The molecule has 2 aliphatic rings. The molecular formula is C18H19FN8O2. The molecular weight excluding hydrogens is 379 g/mol. The fourth-order valence-electron chi connectivity index (χ4n) is 3.68. The SMILES string of the molecule is CC[C@H]1CN(c2ccc(-n3ncc4c3CN(c3nnn(C)n3)C4)c(F)c2)C(=O)O1. The summed E-state index contributed by atoms with van der Waals surface area (Å²) in [6.45, 7) is 3.45. The van der Waals surface area contributed by atoms with Crippen molar-refractivity contribution in [1.82, 2.24) is 30.0 Å². The quantitative estimate of drug-likeness (QED) is 0.661. The lowest BCUT2D eigenvalue weighted by atomic mass is 10.2. The van der Waals surface area contributed by atoms with Gasteiger partial charge in [-0.3, -0.25) is 4.90 Å². The first-order valence-corrected chi connectivity index (χ1v) is 9.36. The maximum Gasteiger partial charge on any atom is 0.414 e. The smallest absolute Gasteiger partial charge is 0.414 e. The third-order valence-corrected chi connectivity index (χ3v) is 5.24. The highest BCUT2D eigenvalue weighted by Gasteiger charge is 2.32. The number of nitrogens with zero attached hydrogens (tertiary/aromatic N) is 8. The molecule has 0 unspecified atom stereocenters. The standard InChI is InChI=1S/C18H19FN8O2/c1-3-13-9-26(18(28)29-13)12-4-5-15(14(19)6-12)27-16-10-25(8-11(16)7-20-27)17-21-23-24(2)22-17/h4-7,13H,3,8-10H2,1-2H3/t13-/m0/s1. The van der Waals surface area contributed by atoms with Gasteiger partial charge in [0.05, 0.1) is 37.7 Å². The van der Waals surface area contributed by atoms with Crippen LogP contribution in [-0.4, -0.2) is 48.7 Å². The Labute approximate surface area is 165 Å². The normalized spacial score (nSPS) is 18.4. The van der Waals surface area contributed by atoms with Crippen LogP contribution in [0.5, 0.6) is 0 Å². The number of aryl methyl sites for hydroxylation is 1. The van der Waals surface area contributed by atoms with Gasteiger partial charge in [0.2, 0.25) is 0 Å². The summed E-state index contributed by atoms with van der Waals surface area (Å²) < 4.78 is 21.8. The van der Waals surface area contributed by atoms with Gasteiger partial charge in [0.15, 0.2) is 5.82 Å². The summed E-state index contributed by atoms with van der Waals surface area (Å²) in [5, 5.41) is 16.5. The highest BCUT2D eigenvalue weighted by Crippen LogP contribution is 2.30. The van der Waals surface area contributed by atoms with Crippen molar-refractivity contribution < 1.29 is 13.9 Å². The van der Waals surface area contributed by atoms with E-state index in [1.54, 1.807) is 30.1 Å². The molecule has 4 heterocycles. The Morgan fingerprint density at radius 2 is 2.17 bits per heavy atom. The van der Waals surface area contributed by atoms with Gasteiger partial charge in [0, 0.05) is 12.1 Å². The predicted molar refractivity (Wildman–Crippen MR) is 100 cm³/mol. The molecule has 10 nitrogen and oxygen atoms in total. The van der Waals surface area contributed by atoms with Crippen LogP contribution in [0.1, 0.15) is 24.6 Å². The van der Waals surface area contributed by atoms with Crippen LogP contribution in [0.3, 0.4) is 0 Å². The largest absolute Gasteiger partial charge is 0.444 e. The lowest BCUT2D eigenvalue weighted by Crippen LogP contribution is -2.24. The number of hydrogen-bond donors (Lipinski definition) is 0. The van der Waals surface area contributed by atoms with E-state index in [1.165, 1.54) is 15.8 Å². The molecule has 3 aromatic rings. The number of rotatable bonds is 4. The van der Waals surface area contributed by atoms with Gasteiger partial charge in [-0.05, 0) is 29.8 Å². The highest BCUT2D eigenvalue weighted by atomic mass is 19.1. The molecule has 0 saturated carbocycles. The van der Waals surface area contributed by atoms with E-state index in [0.717, 1.165) is 17.7 Å². The van der Waals surface area contributed by atoms with Crippen molar-refractivity contribution in [3.05, 3.63) is 41.5 Å². The van der Waals surface area contributed by atoms with Crippen LogP contribution < -0.4 is 9.80 Å². The van der Waals surface area contributed by atoms with Crippen LogP contribution in [0.4, 0.5) is 20.8 Å². The Morgan fingerprint density at radius 3 is 2.86 bits per heavy atom. The zero-order chi connectivity index (χ0) is 20.1. The zero-order valence-corrected chi connectivity index (χ0v) is 16.0. The van der Waals surface area contributed by atoms with Crippen molar-refractivity contribution in [2.75, 3.05) is 16.3 Å². The average molecular weight is 398 g/mol. The number of ether oxygens (including phenoxy) is 1. The topological polar surface area (TPSA) is 94.2 Å². The maximum atomic E-state index is 15.0. The van der Waals surface area contributed by atoms with Crippen LogP contribution in [0, 0.1) is 5.82 Å². The number of cyclic esters (lactones) is 1. The number of halogens is 1. The van der Waals surface area contributed by atoms with E-state index >= 15 is 0 Å². The second kappa shape index (κ2) is 6.54. The fourth-order valence-corrected chi connectivity index (χ4v) is 3.68. The molecule has 5 rings (SSSR count). The Morgan fingerprint density at radius 1 is 1.31 bits per heavy atom. The Kier molecular flexibility index (Phi) is 3.96. The average Bonchev–Trinajstić information content (AvgIpc) is 3.45. The lowest BCUT2D eigenvalue weighted by molar-refractivity contribution is 0.139. The molecule has 0 radical (unpaired) electrons. The summed E-state index contributed by atoms with van der Waals surface area (Å²) in [5.74, 6) is 0.0568. The van der Waals surface area contributed by atoms with Crippen LogP contribution in [-0.2, 0) is 24.9 Å². The van der Waals surface area contributed by atoms with Crippen molar-refractivity contribution in [1.29, 1.82) is 0 Å². The van der Waals surface area contributed by atoms with Gasteiger partial charge in [-0.25, -0.2) is 13.9 Å². The number of aromatic nitrogens is 6. The van der Waals surface area contributed by atoms with E-state index in [1.807, 2.05) is 11.8 Å². The van der Waals surface area contributed by atoms with Crippen molar-refractivity contribution in [3.63, 3.8) is 0 Å². The van der Waals surface area contributed by atoms with E-state index in [-0.39, 0.29) is 6.10 Å².